The van der Waals surface area contributed by atoms with Crippen molar-refractivity contribution in [1.29, 1.82) is 0 Å². The Balaban J connectivity index is 2.20. The van der Waals surface area contributed by atoms with Gasteiger partial charge in [-0.1, -0.05) is 0 Å². The molecular weight excluding hydrogens is 234 g/mol. The summed E-state index contributed by atoms with van der Waals surface area (Å²) in [6, 6.07) is -0.102. The van der Waals surface area contributed by atoms with E-state index in [1.54, 1.807) is 9.80 Å². The molecule has 1 heterocycles. The van der Waals surface area contributed by atoms with Gasteiger partial charge in [-0.05, 0) is 13.8 Å². The molecule has 6 nitrogen and oxygen atoms in total. The van der Waals surface area contributed by atoms with E-state index in [0.29, 0.717) is 52.4 Å². The molecule has 0 aromatic rings. The number of nitrogens with one attached hydrogen (secondary N) is 1. The summed E-state index contributed by atoms with van der Waals surface area (Å²) in [5.74, 6) is 0.0816. The highest BCUT2D eigenvalue weighted by Crippen LogP contribution is 1.99. The number of morpholine rings is 1. The van der Waals surface area contributed by atoms with Crippen LogP contribution in [0.25, 0.3) is 0 Å². The Morgan fingerprint density at radius 3 is 2.39 bits per heavy atom. The lowest BCUT2D eigenvalue weighted by molar-refractivity contribution is -0.135. The molecule has 0 aliphatic carbocycles. The summed E-state index contributed by atoms with van der Waals surface area (Å²) in [5, 5.41) is 2.76. The Kier molecular flexibility index (Phi) is 6.49. The highest BCUT2D eigenvalue weighted by molar-refractivity contribution is 5.78. The van der Waals surface area contributed by atoms with E-state index in [0.717, 1.165) is 0 Å². The zero-order chi connectivity index (χ0) is 13.4. The Bertz CT molecular complexity index is 274. The second kappa shape index (κ2) is 7.92. The first-order valence-electron chi connectivity index (χ1n) is 6.57. The predicted octanol–water partition coefficient (Wildman–Crippen LogP) is 0.287. The number of hydrogen-bond donors (Lipinski definition) is 1. The number of hydrogen-bond acceptors (Lipinski definition) is 3. The molecule has 0 unspecified atom stereocenters. The van der Waals surface area contributed by atoms with Gasteiger partial charge in [0.05, 0.1) is 13.2 Å². The van der Waals surface area contributed by atoms with E-state index >= 15 is 0 Å². The first-order valence-corrected chi connectivity index (χ1v) is 6.57. The van der Waals surface area contributed by atoms with E-state index in [4.69, 9.17) is 4.74 Å². The molecular formula is C12H23N3O3. The molecule has 1 fully saturated rings. The van der Waals surface area contributed by atoms with Crippen LogP contribution < -0.4 is 5.32 Å². The van der Waals surface area contributed by atoms with E-state index in [9.17, 15) is 9.59 Å². The second-order valence-electron chi connectivity index (χ2n) is 4.15. The summed E-state index contributed by atoms with van der Waals surface area (Å²) in [5.41, 5.74) is 0. The van der Waals surface area contributed by atoms with Crippen molar-refractivity contribution in [2.24, 2.45) is 0 Å². The lowest BCUT2D eigenvalue weighted by Crippen LogP contribution is -2.44. The molecule has 3 amide bonds. The molecule has 0 atom stereocenters. The van der Waals surface area contributed by atoms with Crippen molar-refractivity contribution < 1.29 is 14.3 Å². The summed E-state index contributed by atoms with van der Waals surface area (Å²) in [7, 11) is 0. The molecule has 0 saturated carbocycles. The summed E-state index contributed by atoms with van der Waals surface area (Å²) >= 11 is 0. The molecule has 104 valence electrons. The third-order valence-corrected chi connectivity index (χ3v) is 3.03. The summed E-state index contributed by atoms with van der Waals surface area (Å²) in [6.07, 6.45) is 0.354. The van der Waals surface area contributed by atoms with Gasteiger partial charge in [0.1, 0.15) is 0 Å². The summed E-state index contributed by atoms with van der Waals surface area (Å²) in [4.78, 5) is 26.9. The van der Waals surface area contributed by atoms with E-state index in [2.05, 4.69) is 5.32 Å². The number of nitrogens with zero attached hydrogens (tertiary/aromatic N) is 2. The van der Waals surface area contributed by atoms with Gasteiger partial charge in [-0.15, -0.1) is 0 Å². The van der Waals surface area contributed by atoms with Crippen LogP contribution in [0.3, 0.4) is 0 Å². The molecule has 1 aliphatic heterocycles. The number of carbonyl (C=O) groups excluding carboxylic acids is 2. The van der Waals surface area contributed by atoms with Crippen molar-refractivity contribution in [2.45, 2.75) is 20.3 Å². The minimum atomic E-state index is -0.102. The molecule has 1 saturated heterocycles. The van der Waals surface area contributed by atoms with Crippen LogP contribution in [-0.2, 0) is 9.53 Å². The van der Waals surface area contributed by atoms with Gasteiger partial charge >= 0.3 is 6.03 Å². The van der Waals surface area contributed by atoms with E-state index in [1.165, 1.54) is 0 Å². The number of urea groups is 1. The van der Waals surface area contributed by atoms with Gasteiger partial charge < -0.3 is 19.9 Å². The maximum absolute atomic E-state index is 11.8. The molecule has 0 bridgehead atoms. The standard InChI is InChI=1S/C12H23N3O3/c1-3-14(4-2)12(17)13-6-5-11(16)15-7-9-18-10-8-15/h3-10H2,1-2H3,(H,13,17). The van der Waals surface area contributed by atoms with E-state index in [1.807, 2.05) is 13.8 Å². The van der Waals surface area contributed by atoms with Gasteiger partial charge in [0, 0.05) is 39.1 Å². The molecule has 18 heavy (non-hydrogen) atoms. The fourth-order valence-corrected chi connectivity index (χ4v) is 1.87. The Morgan fingerprint density at radius 2 is 1.83 bits per heavy atom. The third kappa shape index (κ3) is 4.52. The van der Waals surface area contributed by atoms with Gasteiger partial charge in [0.2, 0.25) is 5.91 Å². The van der Waals surface area contributed by atoms with Crippen molar-refractivity contribution in [3.8, 4) is 0 Å². The predicted molar refractivity (Wildman–Crippen MR) is 68.3 cm³/mol. The Hall–Kier alpha value is -1.30. The van der Waals surface area contributed by atoms with E-state index in [-0.39, 0.29) is 11.9 Å². The van der Waals surface area contributed by atoms with Crippen LogP contribution in [0.15, 0.2) is 0 Å². The van der Waals surface area contributed by atoms with Crippen molar-refractivity contribution in [3.05, 3.63) is 0 Å². The van der Waals surface area contributed by atoms with Crippen molar-refractivity contribution in [3.63, 3.8) is 0 Å². The number of ether oxygens (including phenoxy) is 1. The largest absolute Gasteiger partial charge is 0.378 e. The van der Waals surface area contributed by atoms with Crippen molar-refractivity contribution >= 4 is 11.9 Å². The Morgan fingerprint density at radius 1 is 1.22 bits per heavy atom. The third-order valence-electron chi connectivity index (χ3n) is 3.03. The maximum Gasteiger partial charge on any atom is 0.317 e. The molecule has 1 aliphatic rings. The summed E-state index contributed by atoms with van der Waals surface area (Å²) in [6.45, 7) is 8.15. The monoisotopic (exact) mass is 257 g/mol. The van der Waals surface area contributed by atoms with Crippen LogP contribution in [0.4, 0.5) is 4.79 Å². The fraction of sp³-hybridized carbons (Fsp3) is 0.833. The topological polar surface area (TPSA) is 61.9 Å². The highest BCUT2D eigenvalue weighted by atomic mass is 16.5. The van der Waals surface area contributed by atoms with Crippen LogP contribution in [-0.4, -0.2) is 67.7 Å². The lowest BCUT2D eigenvalue weighted by Gasteiger charge is -2.27. The second-order valence-corrected chi connectivity index (χ2v) is 4.15. The normalized spacial score (nSPS) is 15.3. The van der Waals surface area contributed by atoms with Crippen LogP contribution in [0.2, 0.25) is 0 Å². The molecule has 6 heteroatoms. The fourth-order valence-electron chi connectivity index (χ4n) is 1.87. The average Bonchev–Trinajstić information content (AvgIpc) is 2.41. The van der Waals surface area contributed by atoms with Gasteiger partial charge in [0.25, 0.3) is 0 Å². The maximum atomic E-state index is 11.8. The van der Waals surface area contributed by atoms with Gasteiger partial charge in [-0.2, -0.15) is 0 Å². The van der Waals surface area contributed by atoms with Crippen LogP contribution in [0, 0.1) is 0 Å². The van der Waals surface area contributed by atoms with Crippen LogP contribution in [0.5, 0.6) is 0 Å². The molecule has 1 rings (SSSR count). The molecule has 0 spiro atoms. The minimum Gasteiger partial charge on any atom is -0.378 e. The Labute approximate surface area is 108 Å². The molecule has 0 radical (unpaired) electrons. The number of carbonyl (C=O) groups is 2. The van der Waals surface area contributed by atoms with Crippen LogP contribution >= 0.6 is 0 Å². The zero-order valence-electron chi connectivity index (χ0n) is 11.3. The number of rotatable bonds is 5. The van der Waals surface area contributed by atoms with Gasteiger partial charge in [-0.25, -0.2) is 4.79 Å². The van der Waals surface area contributed by atoms with Gasteiger partial charge in [-0.3, -0.25) is 4.79 Å². The minimum absolute atomic E-state index is 0.0816. The number of amides is 3. The molecule has 0 aromatic heterocycles. The smallest absolute Gasteiger partial charge is 0.317 e. The van der Waals surface area contributed by atoms with Crippen molar-refractivity contribution in [1.82, 2.24) is 15.1 Å². The zero-order valence-corrected chi connectivity index (χ0v) is 11.3. The van der Waals surface area contributed by atoms with Crippen molar-refractivity contribution in [2.75, 3.05) is 45.9 Å². The molecule has 1 N–H and O–H groups in total. The quantitative estimate of drug-likeness (QED) is 0.770. The van der Waals surface area contributed by atoms with E-state index < -0.39 is 0 Å². The summed E-state index contributed by atoms with van der Waals surface area (Å²) < 4.78 is 5.18. The highest BCUT2D eigenvalue weighted by Gasteiger charge is 2.16. The van der Waals surface area contributed by atoms with Gasteiger partial charge in [0.15, 0.2) is 0 Å². The molecule has 0 aromatic carbocycles. The lowest BCUT2D eigenvalue weighted by atomic mass is 10.3. The van der Waals surface area contributed by atoms with Crippen LogP contribution in [0.1, 0.15) is 20.3 Å². The first kappa shape index (κ1) is 14.8. The SMILES string of the molecule is CCN(CC)C(=O)NCCC(=O)N1CCOCC1. The average molecular weight is 257 g/mol. The first-order chi connectivity index (χ1) is 8.69.